The highest BCUT2D eigenvalue weighted by molar-refractivity contribution is 7.80. The molecule has 1 aromatic rings. The second kappa shape index (κ2) is 5.81. The monoisotopic (exact) mass is 250 g/mol. The summed E-state index contributed by atoms with van der Waals surface area (Å²) in [5.74, 6) is 3.08. The number of ether oxygens (including phenoxy) is 1. The summed E-state index contributed by atoms with van der Waals surface area (Å²) in [5.41, 5.74) is 2.99. The van der Waals surface area contributed by atoms with Crippen molar-refractivity contribution >= 4 is 12.6 Å². The number of aryl methyl sites for hydroxylation is 2. The molecule has 1 aliphatic rings. The van der Waals surface area contributed by atoms with E-state index in [-0.39, 0.29) is 0 Å². The summed E-state index contributed by atoms with van der Waals surface area (Å²) >= 11 is 4.39. The van der Waals surface area contributed by atoms with Gasteiger partial charge >= 0.3 is 0 Å². The van der Waals surface area contributed by atoms with Gasteiger partial charge in [-0.2, -0.15) is 12.6 Å². The van der Waals surface area contributed by atoms with Crippen LogP contribution in [0.5, 0.6) is 5.75 Å². The van der Waals surface area contributed by atoms with E-state index in [1.165, 1.54) is 30.4 Å². The third-order valence-corrected chi connectivity index (χ3v) is 4.18. The molecule has 1 atom stereocenters. The SMILES string of the molecule is CC(C)C(CS)COc1ccc2c(c1)CCC2. The lowest BCUT2D eigenvalue weighted by atomic mass is 9.99. The van der Waals surface area contributed by atoms with E-state index in [0.717, 1.165) is 18.1 Å². The molecule has 0 saturated carbocycles. The van der Waals surface area contributed by atoms with E-state index in [4.69, 9.17) is 4.74 Å². The fourth-order valence-electron chi connectivity index (χ4n) is 2.30. The van der Waals surface area contributed by atoms with Gasteiger partial charge in [0.05, 0.1) is 6.61 Å². The topological polar surface area (TPSA) is 9.23 Å². The van der Waals surface area contributed by atoms with Gasteiger partial charge in [0.15, 0.2) is 0 Å². The maximum absolute atomic E-state index is 5.90. The second-order valence-electron chi connectivity index (χ2n) is 5.28. The van der Waals surface area contributed by atoms with Crippen molar-refractivity contribution in [2.75, 3.05) is 12.4 Å². The average molecular weight is 250 g/mol. The Morgan fingerprint density at radius 3 is 2.71 bits per heavy atom. The van der Waals surface area contributed by atoms with Gasteiger partial charge in [0.1, 0.15) is 5.75 Å². The first-order valence-corrected chi connectivity index (χ1v) is 7.19. The Morgan fingerprint density at radius 2 is 2.00 bits per heavy atom. The summed E-state index contributed by atoms with van der Waals surface area (Å²) in [6.45, 7) is 5.24. The highest BCUT2D eigenvalue weighted by Gasteiger charge is 2.14. The highest BCUT2D eigenvalue weighted by Crippen LogP contribution is 2.26. The highest BCUT2D eigenvalue weighted by atomic mass is 32.1. The minimum Gasteiger partial charge on any atom is -0.493 e. The summed E-state index contributed by atoms with van der Waals surface area (Å²) in [6, 6.07) is 6.56. The average Bonchev–Trinajstić information content (AvgIpc) is 2.76. The van der Waals surface area contributed by atoms with Crippen LogP contribution in [0.15, 0.2) is 18.2 Å². The molecule has 2 heteroatoms. The van der Waals surface area contributed by atoms with Crippen LogP contribution in [0.25, 0.3) is 0 Å². The number of hydrogen-bond acceptors (Lipinski definition) is 2. The van der Waals surface area contributed by atoms with Crippen LogP contribution >= 0.6 is 12.6 Å². The van der Waals surface area contributed by atoms with Gasteiger partial charge in [-0.15, -0.1) is 0 Å². The van der Waals surface area contributed by atoms with Crippen LogP contribution in [-0.2, 0) is 12.8 Å². The molecule has 1 aliphatic carbocycles. The molecular weight excluding hydrogens is 228 g/mol. The van der Waals surface area contributed by atoms with Crippen LogP contribution in [0.3, 0.4) is 0 Å². The fraction of sp³-hybridized carbons (Fsp3) is 0.600. The molecule has 17 heavy (non-hydrogen) atoms. The maximum Gasteiger partial charge on any atom is 0.119 e. The first-order valence-electron chi connectivity index (χ1n) is 6.56. The van der Waals surface area contributed by atoms with Crippen LogP contribution in [-0.4, -0.2) is 12.4 Å². The molecule has 0 radical (unpaired) electrons. The van der Waals surface area contributed by atoms with Crippen molar-refractivity contribution in [3.8, 4) is 5.75 Å². The normalized spacial score (nSPS) is 16.0. The zero-order chi connectivity index (χ0) is 12.3. The van der Waals surface area contributed by atoms with Gasteiger partial charge in [-0.05, 0) is 54.2 Å². The lowest BCUT2D eigenvalue weighted by Crippen LogP contribution is -2.19. The predicted molar refractivity (Wildman–Crippen MR) is 76.1 cm³/mol. The molecule has 0 aromatic heterocycles. The molecule has 1 aromatic carbocycles. The lowest BCUT2D eigenvalue weighted by Gasteiger charge is -2.19. The number of benzene rings is 1. The minimum atomic E-state index is 0.534. The van der Waals surface area contributed by atoms with Gasteiger partial charge < -0.3 is 4.74 Å². The van der Waals surface area contributed by atoms with Gasteiger partial charge in [0.25, 0.3) is 0 Å². The van der Waals surface area contributed by atoms with Crippen molar-refractivity contribution in [3.63, 3.8) is 0 Å². The minimum absolute atomic E-state index is 0.534. The quantitative estimate of drug-likeness (QED) is 0.783. The third kappa shape index (κ3) is 3.19. The van der Waals surface area contributed by atoms with Crippen LogP contribution in [0.4, 0.5) is 0 Å². The van der Waals surface area contributed by atoms with Crippen molar-refractivity contribution in [1.82, 2.24) is 0 Å². The van der Waals surface area contributed by atoms with E-state index >= 15 is 0 Å². The molecule has 0 aliphatic heterocycles. The summed E-state index contributed by atoms with van der Waals surface area (Å²) in [6.07, 6.45) is 3.75. The Balaban J connectivity index is 1.95. The van der Waals surface area contributed by atoms with Crippen molar-refractivity contribution in [2.24, 2.45) is 11.8 Å². The van der Waals surface area contributed by atoms with E-state index < -0.39 is 0 Å². The van der Waals surface area contributed by atoms with E-state index in [9.17, 15) is 0 Å². The fourth-order valence-corrected chi connectivity index (χ4v) is 2.82. The Kier molecular flexibility index (Phi) is 4.38. The van der Waals surface area contributed by atoms with Gasteiger partial charge in [-0.25, -0.2) is 0 Å². The molecule has 0 saturated heterocycles. The lowest BCUT2D eigenvalue weighted by molar-refractivity contribution is 0.227. The number of fused-ring (bicyclic) bond motifs is 1. The van der Waals surface area contributed by atoms with Crippen molar-refractivity contribution in [3.05, 3.63) is 29.3 Å². The van der Waals surface area contributed by atoms with Crippen molar-refractivity contribution < 1.29 is 4.74 Å². The molecule has 1 unspecified atom stereocenters. The van der Waals surface area contributed by atoms with Crippen LogP contribution in [0.2, 0.25) is 0 Å². The Morgan fingerprint density at radius 1 is 1.24 bits per heavy atom. The summed E-state index contributed by atoms with van der Waals surface area (Å²) in [4.78, 5) is 0. The molecule has 2 rings (SSSR count). The summed E-state index contributed by atoms with van der Waals surface area (Å²) in [7, 11) is 0. The zero-order valence-electron chi connectivity index (χ0n) is 10.8. The standard InChI is InChI=1S/C15H22OS/c1-11(2)14(10-17)9-16-15-7-6-12-4-3-5-13(12)8-15/h6-8,11,14,17H,3-5,9-10H2,1-2H3. The Bertz CT molecular complexity index is 373. The molecule has 0 heterocycles. The van der Waals surface area contributed by atoms with E-state index in [2.05, 4.69) is 44.7 Å². The molecule has 0 amide bonds. The van der Waals surface area contributed by atoms with Crippen LogP contribution in [0.1, 0.15) is 31.4 Å². The number of rotatable bonds is 5. The molecule has 0 bridgehead atoms. The number of hydrogen-bond donors (Lipinski definition) is 1. The van der Waals surface area contributed by atoms with Gasteiger partial charge in [0, 0.05) is 5.92 Å². The molecule has 0 spiro atoms. The molecular formula is C15H22OS. The molecule has 94 valence electrons. The van der Waals surface area contributed by atoms with E-state index in [1.54, 1.807) is 0 Å². The van der Waals surface area contributed by atoms with E-state index in [1.807, 2.05) is 0 Å². The first kappa shape index (κ1) is 12.8. The largest absolute Gasteiger partial charge is 0.493 e. The summed E-state index contributed by atoms with van der Waals surface area (Å²) in [5, 5.41) is 0. The second-order valence-corrected chi connectivity index (χ2v) is 5.65. The summed E-state index contributed by atoms with van der Waals surface area (Å²) < 4.78 is 5.90. The number of thiol groups is 1. The Labute approximate surface area is 110 Å². The predicted octanol–water partition coefficient (Wildman–Crippen LogP) is 3.76. The van der Waals surface area contributed by atoms with Gasteiger partial charge in [0.2, 0.25) is 0 Å². The smallest absolute Gasteiger partial charge is 0.119 e. The van der Waals surface area contributed by atoms with Crippen LogP contribution in [0, 0.1) is 11.8 Å². The van der Waals surface area contributed by atoms with Crippen molar-refractivity contribution in [1.29, 1.82) is 0 Å². The Hall–Kier alpha value is -0.630. The maximum atomic E-state index is 5.90. The first-order chi connectivity index (χ1) is 8.20. The third-order valence-electron chi connectivity index (χ3n) is 3.71. The zero-order valence-corrected chi connectivity index (χ0v) is 11.7. The van der Waals surface area contributed by atoms with Gasteiger partial charge in [-0.3, -0.25) is 0 Å². The van der Waals surface area contributed by atoms with E-state index in [0.29, 0.717) is 11.8 Å². The van der Waals surface area contributed by atoms with Gasteiger partial charge in [-0.1, -0.05) is 19.9 Å². The van der Waals surface area contributed by atoms with Crippen molar-refractivity contribution in [2.45, 2.75) is 33.1 Å². The molecule has 1 nitrogen and oxygen atoms in total. The molecule has 0 N–H and O–H groups in total. The van der Waals surface area contributed by atoms with Crippen LogP contribution < -0.4 is 4.74 Å². The molecule has 0 fully saturated rings.